The summed E-state index contributed by atoms with van der Waals surface area (Å²) in [7, 11) is 0. The Balaban J connectivity index is 0.00000108. The van der Waals surface area contributed by atoms with Crippen LogP contribution in [0.15, 0.2) is 0 Å². The molecule has 0 radical (unpaired) electrons. The Kier molecular flexibility index (Phi) is 3.91. The van der Waals surface area contributed by atoms with Crippen LogP contribution < -0.4 is 24.0 Å². The van der Waals surface area contributed by atoms with Crippen LogP contribution in [0.25, 0.3) is 0 Å². The normalized spacial score (nSPS) is 20.2. The molecule has 1 aromatic rings. The molecular weight excluding hydrogens is 233 g/mol. The van der Waals surface area contributed by atoms with E-state index < -0.39 is 5.97 Å². The van der Waals surface area contributed by atoms with Gasteiger partial charge < -0.3 is 9.90 Å². The largest absolute Gasteiger partial charge is 1.00 e. The molecule has 86 valence electrons. The summed E-state index contributed by atoms with van der Waals surface area (Å²) < 4.78 is 0. The molecule has 0 saturated carbocycles. The van der Waals surface area contributed by atoms with E-state index in [1.807, 2.05) is 0 Å². The van der Waals surface area contributed by atoms with Crippen molar-refractivity contribution in [2.45, 2.75) is 25.9 Å². The Morgan fingerprint density at radius 2 is 1.88 bits per heavy atom. The number of hydrogen-bond donors (Lipinski definition) is 0. The van der Waals surface area contributed by atoms with Gasteiger partial charge in [-0.2, -0.15) is 0 Å². The van der Waals surface area contributed by atoms with Gasteiger partial charge >= 0.3 is 18.9 Å². The van der Waals surface area contributed by atoms with Crippen molar-refractivity contribution in [3.63, 3.8) is 0 Å². The van der Waals surface area contributed by atoms with Crippen LogP contribution >= 0.6 is 11.3 Å². The SMILES string of the molecule is O=C([O-])c1nc2c(s1)CN1CCCCN1C2.[Li+]. The van der Waals surface area contributed by atoms with Crippen molar-refractivity contribution in [3.05, 3.63) is 15.6 Å². The molecule has 0 atom stereocenters. The molecule has 1 aromatic heterocycles. The summed E-state index contributed by atoms with van der Waals surface area (Å²) in [4.78, 5) is 16.0. The van der Waals surface area contributed by atoms with Gasteiger partial charge in [0.25, 0.3) is 0 Å². The molecule has 0 bridgehead atoms. The Hall–Kier alpha value is -0.383. The Morgan fingerprint density at radius 1 is 1.24 bits per heavy atom. The minimum absolute atomic E-state index is 0. The van der Waals surface area contributed by atoms with Gasteiger partial charge in [0, 0.05) is 24.5 Å². The number of carbonyl (C=O) groups excluding carboxylic acids is 1. The summed E-state index contributed by atoms with van der Waals surface area (Å²) in [6, 6.07) is 0. The molecule has 0 spiro atoms. The van der Waals surface area contributed by atoms with Crippen LogP contribution in [0.1, 0.15) is 33.2 Å². The standard InChI is InChI=1S/C10H13N3O2S.Li/c14-10(15)9-11-7-5-12-3-1-2-4-13(12)6-8(7)16-9;/h1-6H2,(H,14,15);/q;+1/p-1. The van der Waals surface area contributed by atoms with Gasteiger partial charge in [-0.1, -0.05) is 0 Å². The maximum absolute atomic E-state index is 10.7. The number of carbonyl (C=O) groups is 1. The number of nitrogens with zero attached hydrogens (tertiary/aromatic N) is 3. The van der Waals surface area contributed by atoms with Crippen LogP contribution in [-0.2, 0) is 13.1 Å². The van der Waals surface area contributed by atoms with E-state index in [1.165, 1.54) is 24.2 Å². The first-order valence-electron chi connectivity index (χ1n) is 5.44. The number of hydrogen-bond acceptors (Lipinski definition) is 6. The van der Waals surface area contributed by atoms with Gasteiger partial charge in [-0.05, 0) is 12.8 Å². The second kappa shape index (κ2) is 5.08. The second-order valence-electron chi connectivity index (χ2n) is 4.16. The van der Waals surface area contributed by atoms with Crippen LogP contribution in [0.3, 0.4) is 0 Å². The van der Waals surface area contributed by atoms with Crippen LogP contribution in [0.2, 0.25) is 0 Å². The molecule has 2 aliphatic heterocycles. The number of rotatable bonds is 1. The fraction of sp³-hybridized carbons (Fsp3) is 0.600. The van der Waals surface area contributed by atoms with Crippen molar-refractivity contribution < 1.29 is 28.8 Å². The van der Waals surface area contributed by atoms with E-state index in [-0.39, 0.29) is 23.9 Å². The van der Waals surface area contributed by atoms with Gasteiger partial charge in [0.05, 0.1) is 12.2 Å². The second-order valence-corrected chi connectivity index (χ2v) is 5.24. The molecule has 0 amide bonds. The molecule has 1 fully saturated rings. The molecule has 1 saturated heterocycles. The maximum Gasteiger partial charge on any atom is 1.00 e. The fourth-order valence-corrected chi connectivity index (χ4v) is 3.20. The molecule has 17 heavy (non-hydrogen) atoms. The minimum atomic E-state index is -1.16. The smallest absolute Gasteiger partial charge is 0.542 e. The van der Waals surface area contributed by atoms with Crippen molar-refractivity contribution in [1.82, 2.24) is 15.0 Å². The zero-order valence-corrected chi connectivity index (χ0v) is 10.6. The van der Waals surface area contributed by atoms with Gasteiger partial charge in [-0.3, -0.25) is 0 Å². The predicted molar refractivity (Wildman–Crippen MR) is 56.5 cm³/mol. The van der Waals surface area contributed by atoms with E-state index in [2.05, 4.69) is 15.0 Å². The van der Waals surface area contributed by atoms with Crippen LogP contribution in [0.4, 0.5) is 0 Å². The molecule has 3 heterocycles. The van der Waals surface area contributed by atoms with E-state index >= 15 is 0 Å². The topological polar surface area (TPSA) is 59.5 Å². The van der Waals surface area contributed by atoms with Crippen molar-refractivity contribution in [2.75, 3.05) is 13.1 Å². The summed E-state index contributed by atoms with van der Waals surface area (Å²) in [5.41, 5.74) is 0.919. The Morgan fingerprint density at radius 3 is 2.53 bits per heavy atom. The minimum Gasteiger partial charge on any atom is -0.542 e. The number of carboxylic acid groups (broad SMARTS) is 1. The molecule has 7 heteroatoms. The third-order valence-corrected chi connectivity index (χ3v) is 4.16. The third kappa shape index (κ3) is 2.42. The average molecular weight is 245 g/mol. The fourth-order valence-electron chi connectivity index (χ4n) is 2.29. The van der Waals surface area contributed by atoms with Crippen LogP contribution in [0.5, 0.6) is 0 Å². The number of fused-ring (bicyclic) bond motifs is 2. The number of thiazole rings is 1. The van der Waals surface area contributed by atoms with E-state index in [4.69, 9.17) is 0 Å². The van der Waals surface area contributed by atoms with Crippen molar-refractivity contribution in [1.29, 1.82) is 0 Å². The number of aromatic carboxylic acids is 1. The Bertz CT molecular complexity index is 406. The van der Waals surface area contributed by atoms with Gasteiger partial charge in [-0.25, -0.2) is 15.0 Å². The summed E-state index contributed by atoms with van der Waals surface area (Å²) in [5, 5.41) is 15.4. The summed E-state index contributed by atoms with van der Waals surface area (Å²) >= 11 is 1.26. The summed E-state index contributed by atoms with van der Waals surface area (Å²) in [6.07, 6.45) is 2.43. The molecule has 3 rings (SSSR count). The molecule has 5 nitrogen and oxygen atoms in total. The van der Waals surface area contributed by atoms with E-state index in [9.17, 15) is 9.90 Å². The predicted octanol–water partition coefficient (Wildman–Crippen LogP) is -3.16. The average Bonchev–Trinajstić information content (AvgIpc) is 2.68. The number of hydrazine groups is 1. The molecular formula is C10H12LiN3O2S. The van der Waals surface area contributed by atoms with E-state index in [1.54, 1.807) is 0 Å². The molecule has 0 unspecified atom stereocenters. The van der Waals surface area contributed by atoms with Gasteiger partial charge in [0.1, 0.15) is 11.0 Å². The molecule has 2 aliphatic rings. The monoisotopic (exact) mass is 245 g/mol. The molecule has 0 aromatic carbocycles. The summed E-state index contributed by atoms with van der Waals surface area (Å²) in [5.74, 6) is -1.16. The summed E-state index contributed by atoms with van der Waals surface area (Å²) in [6.45, 7) is 3.68. The van der Waals surface area contributed by atoms with Gasteiger partial charge in [-0.15, -0.1) is 11.3 Å². The number of aromatic nitrogens is 1. The van der Waals surface area contributed by atoms with Crippen LogP contribution in [0, 0.1) is 0 Å². The number of carboxylic acids is 1. The molecule has 0 aliphatic carbocycles. The van der Waals surface area contributed by atoms with E-state index in [0.29, 0.717) is 0 Å². The molecule has 0 N–H and O–H groups in total. The van der Waals surface area contributed by atoms with Gasteiger partial charge in [0.2, 0.25) is 0 Å². The van der Waals surface area contributed by atoms with Crippen molar-refractivity contribution >= 4 is 17.3 Å². The van der Waals surface area contributed by atoms with E-state index in [0.717, 1.165) is 36.8 Å². The van der Waals surface area contributed by atoms with Crippen molar-refractivity contribution in [3.8, 4) is 0 Å². The first-order chi connectivity index (χ1) is 7.74. The maximum atomic E-state index is 10.7. The third-order valence-electron chi connectivity index (χ3n) is 3.09. The van der Waals surface area contributed by atoms with Gasteiger partial charge in [0.15, 0.2) is 0 Å². The van der Waals surface area contributed by atoms with Crippen LogP contribution in [-0.4, -0.2) is 34.1 Å². The first-order valence-corrected chi connectivity index (χ1v) is 6.25. The zero-order chi connectivity index (χ0) is 11.1. The zero-order valence-electron chi connectivity index (χ0n) is 9.81. The van der Waals surface area contributed by atoms with Crippen molar-refractivity contribution in [2.24, 2.45) is 0 Å². The first kappa shape index (κ1) is 13.1. The quantitative estimate of drug-likeness (QED) is 0.489. The Labute approximate surface area is 116 Å².